The summed E-state index contributed by atoms with van der Waals surface area (Å²) < 4.78 is 10.5. The van der Waals surface area contributed by atoms with Crippen molar-refractivity contribution < 1.29 is 9.15 Å². The molecule has 0 aliphatic heterocycles. The zero-order valence-electron chi connectivity index (χ0n) is 10.6. The standard InChI is InChI=1S/C14H18N2O2/c1-17-9-6-14(4-5-14)10-16-13-11-3-8-18-12(11)2-7-15-13/h2-3,7-8H,4-6,9-10H2,1H3,(H,15,16). The number of fused-ring (bicyclic) bond motifs is 1. The molecule has 18 heavy (non-hydrogen) atoms. The molecular formula is C14H18N2O2. The number of pyridine rings is 1. The summed E-state index contributed by atoms with van der Waals surface area (Å²) in [7, 11) is 1.76. The first kappa shape index (κ1) is 11.5. The molecule has 0 bridgehead atoms. The first-order valence-corrected chi connectivity index (χ1v) is 6.38. The molecule has 1 N–H and O–H groups in total. The highest BCUT2D eigenvalue weighted by atomic mass is 16.5. The summed E-state index contributed by atoms with van der Waals surface area (Å²) in [6.07, 6.45) is 7.17. The molecule has 0 amide bonds. The summed E-state index contributed by atoms with van der Waals surface area (Å²) in [5.41, 5.74) is 1.30. The van der Waals surface area contributed by atoms with E-state index in [9.17, 15) is 0 Å². The SMILES string of the molecule is COCCC1(CNc2nccc3occc23)CC1. The number of nitrogens with one attached hydrogen (secondary N) is 1. The third kappa shape index (κ3) is 2.20. The molecule has 0 spiro atoms. The van der Waals surface area contributed by atoms with Crippen LogP contribution in [0.3, 0.4) is 0 Å². The maximum Gasteiger partial charge on any atom is 0.139 e. The van der Waals surface area contributed by atoms with Crippen molar-refractivity contribution in [1.29, 1.82) is 0 Å². The largest absolute Gasteiger partial charge is 0.464 e. The van der Waals surface area contributed by atoms with Gasteiger partial charge in [-0.2, -0.15) is 0 Å². The van der Waals surface area contributed by atoms with Gasteiger partial charge in [-0.3, -0.25) is 0 Å². The summed E-state index contributed by atoms with van der Waals surface area (Å²) in [5, 5.41) is 4.51. The average Bonchev–Trinajstić information content (AvgIpc) is 3.00. The van der Waals surface area contributed by atoms with E-state index in [4.69, 9.17) is 9.15 Å². The van der Waals surface area contributed by atoms with Crippen LogP contribution in [-0.4, -0.2) is 25.2 Å². The van der Waals surface area contributed by atoms with Gasteiger partial charge in [0.1, 0.15) is 11.4 Å². The van der Waals surface area contributed by atoms with Gasteiger partial charge in [0, 0.05) is 26.5 Å². The third-order valence-electron chi connectivity index (χ3n) is 3.80. The Morgan fingerprint density at radius 1 is 1.44 bits per heavy atom. The highest BCUT2D eigenvalue weighted by Crippen LogP contribution is 2.48. The van der Waals surface area contributed by atoms with Crippen molar-refractivity contribution in [2.24, 2.45) is 5.41 Å². The monoisotopic (exact) mass is 246 g/mol. The highest BCUT2D eigenvalue weighted by molar-refractivity contribution is 5.87. The Kier molecular flexibility index (Phi) is 2.96. The molecule has 1 aliphatic carbocycles. The van der Waals surface area contributed by atoms with E-state index in [1.54, 1.807) is 19.6 Å². The molecular weight excluding hydrogens is 228 g/mol. The Morgan fingerprint density at radius 3 is 3.11 bits per heavy atom. The first-order chi connectivity index (χ1) is 8.83. The Morgan fingerprint density at radius 2 is 2.33 bits per heavy atom. The fourth-order valence-electron chi connectivity index (χ4n) is 2.32. The summed E-state index contributed by atoms with van der Waals surface area (Å²) in [4.78, 5) is 4.39. The second-order valence-corrected chi connectivity index (χ2v) is 5.09. The second kappa shape index (κ2) is 4.61. The average molecular weight is 246 g/mol. The Bertz CT molecular complexity index is 531. The van der Waals surface area contributed by atoms with Crippen LogP contribution in [0.25, 0.3) is 11.0 Å². The summed E-state index contributed by atoms with van der Waals surface area (Å²) >= 11 is 0. The Hall–Kier alpha value is -1.55. The molecule has 1 fully saturated rings. The van der Waals surface area contributed by atoms with E-state index in [2.05, 4.69) is 10.3 Å². The van der Waals surface area contributed by atoms with Crippen LogP contribution >= 0.6 is 0 Å². The van der Waals surface area contributed by atoms with Crippen LogP contribution in [0.1, 0.15) is 19.3 Å². The lowest BCUT2D eigenvalue weighted by atomic mass is 10.0. The van der Waals surface area contributed by atoms with E-state index in [0.717, 1.165) is 36.4 Å². The van der Waals surface area contributed by atoms with Crippen LogP contribution in [0.4, 0.5) is 5.82 Å². The number of aromatic nitrogens is 1. The van der Waals surface area contributed by atoms with Gasteiger partial charge in [0.05, 0.1) is 11.6 Å². The molecule has 2 heterocycles. The summed E-state index contributed by atoms with van der Waals surface area (Å²) in [6, 6.07) is 3.84. The Labute approximate surface area is 106 Å². The van der Waals surface area contributed by atoms with Gasteiger partial charge in [0.2, 0.25) is 0 Å². The predicted molar refractivity (Wildman–Crippen MR) is 70.7 cm³/mol. The molecule has 96 valence electrons. The van der Waals surface area contributed by atoms with Crippen molar-refractivity contribution >= 4 is 16.8 Å². The maximum absolute atomic E-state index is 5.37. The number of methoxy groups -OCH3 is 1. The lowest BCUT2D eigenvalue weighted by Gasteiger charge is -2.16. The second-order valence-electron chi connectivity index (χ2n) is 5.09. The van der Waals surface area contributed by atoms with Gasteiger partial charge >= 0.3 is 0 Å². The number of nitrogens with zero attached hydrogens (tertiary/aromatic N) is 1. The van der Waals surface area contributed by atoms with Gasteiger partial charge in [-0.25, -0.2) is 4.98 Å². The maximum atomic E-state index is 5.37. The number of rotatable bonds is 6. The number of furan rings is 1. The molecule has 4 nitrogen and oxygen atoms in total. The van der Waals surface area contributed by atoms with Crippen molar-refractivity contribution in [3.8, 4) is 0 Å². The number of ether oxygens (including phenoxy) is 1. The summed E-state index contributed by atoms with van der Waals surface area (Å²) in [6.45, 7) is 1.80. The van der Waals surface area contributed by atoms with Gasteiger partial charge in [-0.15, -0.1) is 0 Å². The minimum absolute atomic E-state index is 0.420. The zero-order valence-corrected chi connectivity index (χ0v) is 10.6. The summed E-state index contributed by atoms with van der Waals surface area (Å²) in [5.74, 6) is 0.921. The molecule has 2 aromatic rings. The number of hydrogen-bond acceptors (Lipinski definition) is 4. The molecule has 0 radical (unpaired) electrons. The van der Waals surface area contributed by atoms with Crippen molar-refractivity contribution in [2.45, 2.75) is 19.3 Å². The van der Waals surface area contributed by atoms with Gasteiger partial charge < -0.3 is 14.5 Å². The molecule has 4 heteroatoms. The van der Waals surface area contributed by atoms with Crippen molar-refractivity contribution in [2.75, 3.05) is 25.6 Å². The molecule has 2 aromatic heterocycles. The first-order valence-electron chi connectivity index (χ1n) is 6.38. The number of hydrogen-bond donors (Lipinski definition) is 1. The lowest BCUT2D eigenvalue weighted by molar-refractivity contribution is 0.175. The van der Waals surface area contributed by atoms with E-state index in [0.29, 0.717) is 5.41 Å². The molecule has 0 saturated heterocycles. The van der Waals surface area contributed by atoms with Gasteiger partial charge in [0.25, 0.3) is 0 Å². The predicted octanol–water partition coefficient (Wildman–Crippen LogP) is 3.06. The molecule has 1 aliphatic rings. The molecule has 0 aromatic carbocycles. The highest BCUT2D eigenvalue weighted by Gasteiger charge is 2.41. The van der Waals surface area contributed by atoms with Crippen molar-refractivity contribution in [1.82, 2.24) is 4.98 Å². The smallest absolute Gasteiger partial charge is 0.139 e. The molecule has 0 atom stereocenters. The van der Waals surface area contributed by atoms with Crippen molar-refractivity contribution in [3.05, 3.63) is 24.6 Å². The van der Waals surface area contributed by atoms with Crippen LogP contribution in [0.2, 0.25) is 0 Å². The van der Waals surface area contributed by atoms with Crippen molar-refractivity contribution in [3.63, 3.8) is 0 Å². The van der Waals surface area contributed by atoms with E-state index >= 15 is 0 Å². The van der Waals surface area contributed by atoms with Gasteiger partial charge in [0.15, 0.2) is 0 Å². The minimum atomic E-state index is 0.420. The van der Waals surface area contributed by atoms with E-state index in [1.165, 1.54) is 12.8 Å². The van der Waals surface area contributed by atoms with Crippen LogP contribution in [0.5, 0.6) is 0 Å². The van der Waals surface area contributed by atoms with Crippen LogP contribution in [0, 0.1) is 5.41 Å². The normalized spacial score (nSPS) is 16.9. The van der Waals surface area contributed by atoms with Gasteiger partial charge in [-0.05, 0) is 36.8 Å². The zero-order chi connectivity index (χ0) is 12.4. The lowest BCUT2D eigenvalue weighted by Crippen LogP contribution is -2.17. The fourth-order valence-corrected chi connectivity index (χ4v) is 2.32. The third-order valence-corrected chi connectivity index (χ3v) is 3.80. The molecule has 3 rings (SSSR count). The minimum Gasteiger partial charge on any atom is -0.464 e. The van der Waals surface area contributed by atoms with Crippen LogP contribution in [-0.2, 0) is 4.74 Å². The van der Waals surface area contributed by atoms with Crippen LogP contribution in [0.15, 0.2) is 29.0 Å². The van der Waals surface area contributed by atoms with Gasteiger partial charge in [-0.1, -0.05) is 0 Å². The fraction of sp³-hybridized carbons (Fsp3) is 0.500. The molecule has 0 unspecified atom stereocenters. The molecule has 1 saturated carbocycles. The van der Waals surface area contributed by atoms with E-state index in [-0.39, 0.29) is 0 Å². The Balaban J connectivity index is 1.68. The number of anilines is 1. The quantitative estimate of drug-likeness (QED) is 0.851. The topological polar surface area (TPSA) is 47.3 Å². The van der Waals surface area contributed by atoms with Crippen LogP contribution < -0.4 is 5.32 Å². The van der Waals surface area contributed by atoms with E-state index in [1.807, 2.05) is 12.1 Å². The van der Waals surface area contributed by atoms with E-state index < -0.39 is 0 Å².